The number of carbonyl (C=O) groups is 2. The second-order valence-electron chi connectivity index (χ2n) is 7.24. The lowest BCUT2D eigenvalue weighted by Gasteiger charge is -2.09. The number of aryl methyl sites for hydroxylation is 1. The summed E-state index contributed by atoms with van der Waals surface area (Å²) in [4.78, 5) is 24.1. The van der Waals surface area contributed by atoms with Crippen LogP contribution in [0.1, 0.15) is 35.3 Å². The zero-order valence-corrected chi connectivity index (χ0v) is 16.9. The highest BCUT2D eigenvalue weighted by atomic mass is 16.2. The standard InChI is InChI=1S/C21H26N6O2/c1-14(2)24-20(28)17-8-9-19-18(12-17)25-26-27(19)11-10-22-21(29)23-13-16-6-4-15(3)5-7-16/h4-9,12,14H,10-11,13H2,1-3H3,(H,24,28)(H2,22,23,29). The Labute approximate surface area is 169 Å². The highest BCUT2D eigenvalue weighted by molar-refractivity contribution is 5.97. The van der Waals surface area contributed by atoms with Gasteiger partial charge in [-0.05, 0) is 44.5 Å². The fourth-order valence-corrected chi connectivity index (χ4v) is 2.85. The molecule has 3 rings (SSSR count). The fourth-order valence-electron chi connectivity index (χ4n) is 2.85. The van der Waals surface area contributed by atoms with Crippen molar-refractivity contribution in [2.45, 2.75) is 39.9 Å². The van der Waals surface area contributed by atoms with Gasteiger partial charge in [-0.25, -0.2) is 9.48 Å². The number of hydrogen-bond donors (Lipinski definition) is 3. The first-order valence-corrected chi connectivity index (χ1v) is 9.64. The minimum atomic E-state index is -0.234. The van der Waals surface area contributed by atoms with Crippen molar-refractivity contribution in [3.05, 3.63) is 59.2 Å². The number of amides is 3. The maximum Gasteiger partial charge on any atom is 0.315 e. The van der Waals surface area contributed by atoms with Gasteiger partial charge in [-0.3, -0.25) is 4.79 Å². The molecule has 0 bridgehead atoms. The number of nitrogens with zero attached hydrogens (tertiary/aromatic N) is 3. The number of rotatable bonds is 7. The molecular formula is C21H26N6O2. The number of urea groups is 1. The molecule has 0 saturated carbocycles. The Morgan fingerprint density at radius 1 is 1.07 bits per heavy atom. The number of carbonyl (C=O) groups excluding carboxylic acids is 2. The molecule has 0 atom stereocenters. The van der Waals surface area contributed by atoms with Crippen LogP contribution in [0.4, 0.5) is 4.79 Å². The summed E-state index contributed by atoms with van der Waals surface area (Å²) >= 11 is 0. The van der Waals surface area contributed by atoms with E-state index >= 15 is 0 Å². The van der Waals surface area contributed by atoms with Crippen LogP contribution in [0.15, 0.2) is 42.5 Å². The normalized spacial score (nSPS) is 10.9. The van der Waals surface area contributed by atoms with Crippen LogP contribution in [0.2, 0.25) is 0 Å². The van der Waals surface area contributed by atoms with Crippen LogP contribution in [0.3, 0.4) is 0 Å². The molecule has 3 N–H and O–H groups in total. The van der Waals surface area contributed by atoms with Crippen LogP contribution in [0, 0.1) is 6.92 Å². The summed E-state index contributed by atoms with van der Waals surface area (Å²) in [6, 6.07) is 13.1. The third-order valence-electron chi connectivity index (χ3n) is 4.38. The summed E-state index contributed by atoms with van der Waals surface area (Å²) in [5, 5.41) is 16.7. The maximum atomic E-state index is 12.1. The second kappa shape index (κ2) is 9.18. The molecule has 0 saturated heterocycles. The Kier molecular flexibility index (Phi) is 6.43. The minimum Gasteiger partial charge on any atom is -0.350 e. The third kappa shape index (κ3) is 5.54. The molecule has 3 amide bonds. The Morgan fingerprint density at radius 2 is 1.83 bits per heavy atom. The predicted octanol–water partition coefficient (Wildman–Crippen LogP) is 2.38. The van der Waals surface area contributed by atoms with Crippen molar-refractivity contribution < 1.29 is 9.59 Å². The van der Waals surface area contributed by atoms with Crippen molar-refractivity contribution >= 4 is 23.0 Å². The first kappa shape index (κ1) is 20.3. The Hall–Kier alpha value is -3.42. The largest absolute Gasteiger partial charge is 0.350 e. The molecular weight excluding hydrogens is 368 g/mol. The van der Waals surface area contributed by atoms with Gasteiger partial charge in [0, 0.05) is 24.7 Å². The number of benzene rings is 2. The molecule has 0 spiro atoms. The smallest absolute Gasteiger partial charge is 0.315 e. The monoisotopic (exact) mass is 394 g/mol. The zero-order chi connectivity index (χ0) is 20.8. The molecule has 0 radical (unpaired) electrons. The Bertz CT molecular complexity index is 994. The van der Waals surface area contributed by atoms with Gasteiger partial charge < -0.3 is 16.0 Å². The quantitative estimate of drug-likeness (QED) is 0.573. The van der Waals surface area contributed by atoms with E-state index in [4.69, 9.17) is 0 Å². The van der Waals surface area contributed by atoms with Gasteiger partial charge >= 0.3 is 6.03 Å². The number of aromatic nitrogens is 3. The van der Waals surface area contributed by atoms with Crippen LogP contribution >= 0.6 is 0 Å². The van der Waals surface area contributed by atoms with Crippen molar-refractivity contribution in [1.82, 2.24) is 30.9 Å². The molecule has 1 heterocycles. The number of fused-ring (bicyclic) bond motifs is 1. The van der Waals surface area contributed by atoms with Crippen molar-refractivity contribution in [3.8, 4) is 0 Å². The zero-order valence-electron chi connectivity index (χ0n) is 16.9. The molecule has 0 aliphatic heterocycles. The first-order valence-electron chi connectivity index (χ1n) is 9.64. The van der Waals surface area contributed by atoms with E-state index in [1.807, 2.05) is 51.1 Å². The molecule has 3 aromatic rings. The summed E-state index contributed by atoms with van der Waals surface area (Å²) in [7, 11) is 0. The average Bonchev–Trinajstić information content (AvgIpc) is 3.09. The van der Waals surface area contributed by atoms with Crippen LogP contribution in [-0.2, 0) is 13.1 Å². The summed E-state index contributed by atoms with van der Waals surface area (Å²) < 4.78 is 1.71. The predicted molar refractivity (Wildman–Crippen MR) is 112 cm³/mol. The SMILES string of the molecule is Cc1ccc(CNC(=O)NCCn2nnc3cc(C(=O)NC(C)C)ccc32)cc1. The van der Waals surface area contributed by atoms with Gasteiger partial charge in [0.2, 0.25) is 0 Å². The van der Waals surface area contributed by atoms with Gasteiger partial charge in [-0.1, -0.05) is 35.0 Å². The highest BCUT2D eigenvalue weighted by Crippen LogP contribution is 2.13. The lowest BCUT2D eigenvalue weighted by Crippen LogP contribution is -2.36. The molecule has 8 nitrogen and oxygen atoms in total. The van der Waals surface area contributed by atoms with E-state index in [0.29, 0.717) is 30.7 Å². The van der Waals surface area contributed by atoms with E-state index in [-0.39, 0.29) is 18.0 Å². The highest BCUT2D eigenvalue weighted by Gasteiger charge is 2.11. The molecule has 0 aliphatic carbocycles. The van der Waals surface area contributed by atoms with Crippen molar-refractivity contribution in [3.63, 3.8) is 0 Å². The maximum absolute atomic E-state index is 12.1. The van der Waals surface area contributed by atoms with Crippen LogP contribution in [-0.4, -0.2) is 39.5 Å². The topological polar surface area (TPSA) is 101 Å². The molecule has 8 heteroatoms. The van der Waals surface area contributed by atoms with E-state index in [1.165, 1.54) is 5.56 Å². The second-order valence-corrected chi connectivity index (χ2v) is 7.24. The van der Waals surface area contributed by atoms with E-state index in [1.54, 1.807) is 16.8 Å². The van der Waals surface area contributed by atoms with Crippen molar-refractivity contribution in [1.29, 1.82) is 0 Å². The van der Waals surface area contributed by atoms with Crippen molar-refractivity contribution in [2.24, 2.45) is 0 Å². The van der Waals surface area contributed by atoms with Crippen LogP contribution in [0.5, 0.6) is 0 Å². The van der Waals surface area contributed by atoms with Gasteiger partial charge in [0.05, 0.1) is 12.1 Å². The lowest BCUT2D eigenvalue weighted by molar-refractivity contribution is 0.0943. The number of nitrogens with one attached hydrogen (secondary N) is 3. The number of hydrogen-bond acceptors (Lipinski definition) is 4. The molecule has 1 aromatic heterocycles. The minimum absolute atomic E-state index is 0.0668. The van der Waals surface area contributed by atoms with Gasteiger partial charge in [0.15, 0.2) is 0 Å². The van der Waals surface area contributed by atoms with Gasteiger partial charge in [0.25, 0.3) is 5.91 Å². The van der Waals surface area contributed by atoms with Crippen molar-refractivity contribution in [2.75, 3.05) is 6.54 Å². The van der Waals surface area contributed by atoms with E-state index < -0.39 is 0 Å². The fraction of sp³-hybridized carbons (Fsp3) is 0.333. The summed E-state index contributed by atoms with van der Waals surface area (Å²) in [6.07, 6.45) is 0. The third-order valence-corrected chi connectivity index (χ3v) is 4.38. The molecule has 29 heavy (non-hydrogen) atoms. The molecule has 0 aliphatic rings. The molecule has 2 aromatic carbocycles. The van der Waals surface area contributed by atoms with Gasteiger partial charge in [0.1, 0.15) is 5.52 Å². The summed E-state index contributed by atoms with van der Waals surface area (Å²) in [5.41, 5.74) is 4.24. The molecule has 0 unspecified atom stereocenters. The van der Waals surface area contributed by atoms with E-state index in [2.05, 4.69) is 26.3 Å². The van der Waals surface area contributed by atoms with Gasteiger partial charge in [-0.2, -0.15) is 0 Å². The molecule has 152 valence electrons. The van der Waals surface area contributed by atoms with E-state index in [9.17, 15) is 9.59 Å². The van der Waals surface area contributed by atoms with E-state index in [0.717, 1.165) is 11.1 Å². The average molecular weight is 394 g/mol. The molecule has 0 fully saturated rings. The lowest BCUT2D eigenvalue weighted by atomic mass is 10.1. The van der Waals surface area contributed by atoms with Gasteiger partial charge in [-0.15, -0.1) is 5.10 Å². The summed E-state index contributed by atoms with van der Waals surface area (Å²) in [6.45, 7) is 7.21. The van der Waals surface area contributed by atoms with Crippen LogP contribution < -0.4 is 16.0 Å². The summed E-state index contributed by atoms with van der Waals surface area (Å²) in [5.74, 6) is -0.136. The Morgan fingerprint density at radius 3 is 2.55 bits per heavy atom. The Balaban J connectivity index is 1.50. The van der Waals surface area contributed by atoms with Crippen LogP contribution in [0.25, 0.3) is 11.0 Å². The first-order chi connectivity index (χ1) is 13.9.